The molecule has 0 radical (unpaired) electrons. The number of carbonyl (C=O) groups excluding carboxylic acids is 1. The summed E-state index contributed by atoms with van der Waals surface area (Å²) in [7, 11) is 3.12. The number of amides is 1. The zero-order valence-corrected chi connectivity index (χ0v) is 11.2. The van der Waals surface area contributed by atoms with Gasteiger partial charge in [0.1, 0.15) is 5.75 Å². The van der Waals surface area contributed by atoms with Gasteiger partial charge < -0.3 is 20.4 Å². The second kappa shape index (κ2) is 5.48. The van der Waals surface area contributed by atoms with Gasteiger partial charge in [0.25, 0.3) is 5.91 Å². The van der Waals surface area contributed by atoms with Crippen LogP contribution in [0.1, 0.15) is 10.4 Å². The van der Waals surface area contributed by atoms with Gasteiger partial charge in [0.05, 0.1) is 18.4 Å². The van der Waals surface area contributed by atoms with Gasteiger partial charge in [-0.3, -0.25) is 9.59 Å². The fraction of sp³-hybridized carbons (Fsp3) is 0.143. The van der Waals surface area contributed by atoms with Gasteiger partial charge in [-0.05, 0) is 24.3 Å². The van der Waals surface area contributed by atoms with Crippen molar-refractivity contribution in [3.63, 3.8) is 0 Å². The van der Waals surface area contributed by atoms with Gasteiger partial charge in [0.2, 0.25) is 5.56 Å². The topological polar surface area (TPSA) is 86.3 Å². The highest BCUT2D eigenvalue weighted by Gasteiger charge is 2.11. The summed E-state index contributed by atoms with van der Waals surface area (Å²) >= 11 is 0. The van der Waals surface area contributed by atoms with Crippen molar-refractivity contribution >= 4 is 17.3 Å². The van der Waals surface area contributed by atoms with Crippen molar-refractivity contribution < 1.29 is 9.53 Å². The fourth-order valence-corrected chi connectivity index (χ4v) is 1.73. The molecule has 0 saturated heterocycles. The van der Waals surface area contributed by atoms with E-state index in [0.29, 0.717) is 22.7 Å². The Kier molecular flexibility index (Phi) is 3.74. The van der Waals surface area contributed by atoms with Crippen LogP contribution in [0, 0.1) is 0 Å². The first-order valence-electron chi connectivity index (χ1n) is 5.93. The zero-order chi connectivity index (χ0) is 14.7. The molecule has 6 nitrogen and oxygen atoms in total. The quantitative estimate of drug-likeness (QED) is 0.823. The van der Waals surface area contributed by atoms with Crippen molar-refractivity contribution in [1.82, 2.24) is 4.57 Å². The van der Waals surface area contributed by atoms with E-state index < -0.39 is 0 Å². The number of hydrogen-bond acceptors (Lipinski definition) is 4. The Hall–Kier alpha value is -2.76. The number of anilines is 2. The number of nitrogens with zero attached hydrogens (tertiary/aromatic N) is 1. The number of pyridine rings is 1. The third kappa shape index (κ3) is 2.80. The summed E-state index contributed by atoms with van der Waals surface area (Å²) in [5, 5.41) is 2.68. The summed E-state index contributed by atoms with van der Waals surface area (Å²) in [6.45, 7) is 0. The molecule has 0 aliphatic carbocycles. The van der Waals surface area contributed by atoms with Crippen molar-refractivity contribution in [3.05, 3.63) is 52.4 Å². The number of benzene rings is 1. The molecule has 3 N–H and O–H groups in total. The van der Waals surface area contributed by atoms with Crippen LogP contribution in [0.3, 0.4) is 0 Å². The second-order valence-corrected chi connectivity index (χ2v) is 4.27. The molecule has 0 bridgehead atoms. The minimum absolute atomic E-state index is 0.149. The van der Waals surface area contributed by atoms with Gasteiger partial charge in [0.15, 0.2) is 0 Å². The van der Waals surface area contributed by atoms with Crippen LogP contribution in [0.5, 0.6) is 5.75 Å². The van der Waals surface area contributed by atoms with Gasteiger partial charge in [-0.15, -0.1) is 0 Å². The largest absolute Gasteiger partial charge is 0.497 e. The maximum absolute atomic E-state index is 12.2. The van der Waals surface area contributed by atoms with Crippen molar-refractivity contribution in [1.29, 1.82) is 0 Å². The average molecular weight is 273 g/mol. The molecule has 0 aliphatic rings. The lowest BCUT2D eigenvalue weighted by atomic mass is 10.1. The highest BCUT2D eigenvalue weighted by Crippen LogP contribution is 2.20. The lowest BCUT2D eigenvalue weighted by molar-refractivity contribution is 0.102. The van der Waals surface area contributed by atoms with Gasteiger partial charge in [-0.1, -0.05) is 0 Å². The summed E-state index contributed by atoms with van der Waals surface area (Å²) < 4.78 is 6.44. The summed E-state index contributed by atoms with van der Waals surface area (Å²) in [6, 6.07) is 7.76. The number of aryl methyl sites for hydroxylation is 1. The van der Waals surface area contributed by atoms with E-state index in [9.17, 15) is 9.59 Å². The Bertz CT molecular complexity index is 707. The number of hydrogen-bond donors (Lipinski definition) is 2. The van der Waals surface area contributed by atoms with E-state index in [-0.39, 0.29) is 11.5 Å². The van der Waals surface area contributed by atoms with Gasteiger partial charge >= 0.3 is 0 Å². The van der Waals surface area contributed by atoms with Crippen molar-refractivity contribution in [2.75, 3.05) is 18.2 Å². The summed E-state index contributed by atoms with van der Waals surface area (Å²) in [6.07, 6.45) is 1.54. The molecular formula is C14H15N3O3. The Labute approximate surface area is 115 Å². The maximum atomic E-state index is 12.2. The molecule has 2 rings (SSSR count). The molecule has 1 heterocycles. The van der Waals surface area contributed by atoms with Gasteiger partial charge in [-0.25, -0.2) is 0 Å². The first kappa shape index (κ1) is 13.7. The lowest BCUT2D eigenvalue weighted by Gasteiger charge is -2.09. The van der Waals surface area contributed by atoms with Crippen LogP contribution in [0.2, 0.25) is 0 Å². The molecule has 0 spiro atoms. The van der Waals surface area contributed by atoms with E-state index in [1.165, 1.54) is 30.0 Å². The molecule has 6 heteroatoms. The molecular weight excluding hydrogens is 258 g/mol. The first-order chi connectivity index (χ1) is 9.51. The molecule has 2 aromatic rings. The first-order valence-corrected chi connectivity index (χ1v) is 5.93. The monoisotopic (exact) mass is 273 g/mol. The van der Waals surface area contributed by atoms with E-state index in [1.54, 1.807) is 25.2 Å². The number of rotatable bonds is 3. The van der Waals surface area contributed by atoms with E-state index in [4.69, 9.17) is 10.5 Å². The SMILES string of the molecule is COc1ccc(N)c(C(=O)Nc2ccc(=O)n(C)c2)c1. The maximum Gasteiger partial charge on any atom is 0.257 e. The minimum atomic E-state index is -0.361. The molecule has 0 aliphatic heterocycles. The zero-order valence-electron chi connectivity index (χ0n) is 11.2. The third-order valence-corrected chi connectivity index (χ3v) is 2.85. The van der Waals surface area contributed by atoms with Crippen molar-refractivity contribution in [2.24, 2.45) is 7.05 Å². The lowest BCUT2D eigenvalue weighted by Crippen LogP contribution is -2.18. The Morgan fingerprint density at radius 2 is 2.05 bits per heavy atom. The molecule has 0 unspecified atom stereocenters. The molecule has 20 heavy (non-hydrogen) atoms. The summed E-state index contributed by atoms with van der Waals surface area (Å²) in [4.78, 5) is 23.4. The number of nitrogen functional groups attached to an aromatic ring is 1. The number of aromatic nitrogens is 1. The highest BCUT2D eigenvalue weighted by molar-refractivity contribution is 6.07. The molecule has 0 saturated carbocycles. The molecule has 0 fully saturated rings. The fourth-order valence-electron chi connectivity index (χ4n) is 1.73. The average Bonchev–Trinajstić information content (AvgIpc) is 2.43. The Morgan fingerprint density at radius 3 is 2.70 bits per heavy atom. The third-order valence-electron chi connectivity index (χ3n) is 2.85. The smallest absolute Gasteiger partial charge is 0.257 e. The number of nitrogens with one attached hydrogen (secondary N) is 1. The Morgan fingerprint density at radius 1 is 1.30 bits per heavy atom. The summed E-state index contributed by atoms with van der Waals surface area (Å²) in [5.74, 6) is 0.185. The highest BCUT2D eigenvalue weighted by atomic mass is 16.5. The summed E-state index contributed by atoms with van der Waals surface area (Å²) in [5.41, 5.74) is 6.82. The number of nitrogens with two attached hydrogens (primary N) is 1. The van der Waals surface area contributed by atoms with Gasteiger partial charge in [-0.2, -0.15) is 0 Å². The normalized spacial score (nSPS) is 10.1. The predicted molar refractivity (Wildman–Crippen MR) is 77.0 cm³/mol. The standard InChI is InChI=1S/C14H15N3O3/c1-17-8-9(3-6-13(17)18)16-14(19)11-7-10(20-2)4-5-12(11)15/h3-8H,15H2,1-2H3,(H,16,19). The molecule has 0 atom stereocenters. The van der Waals surface area contributed by atoms with Crippen molar-refractivity contribution in [2.45, 2.75) is 0 Å². The number of methoxy groups -OCH3 is 1. The van der Waals surface area contributed by atoms with Crippen LogP contribution in [-0.2, 0) is 7.05 Å². The minimum Gasteiger partial charge on any atom is -0.497 e. The number of carbonyl (C=O) groups is 1. The van der Waals surface area contributed by atoms with Crippen LogP contribution >= 0.6 is 0 Å². The van der Waals surface area contributed by atoms with Gasteiger partial charge in [0, 0.05) is 25.0 Å². The Balaban J connectivity index is 2.27. The van der Waals surface area contributed by atoms with E-state index in [0.717, 1.165) is 0 Å². The van der Waals surface area contributed by atoms with E-state index >= 15 is 0 Å². The van der Waals surface area contributed by atoms with Crippen LogP contribution < -0.4 is 21.3 Å². The number of ether oxygens (including phenoxy) is 1. The molecule has 1 aromatic carbocycles. The van der Waals surface area contributed by atoms with E-state index in [2.05, 4.69) is 5.32 Å². The van der Waals surface area contributed by atoms with Crippen LogP contribution in [0.15, 0.2) is 41.3 Å². The molecule has 104 valence electrons. The molecule has 1 amide bonds. The van der Waals surface area contributed by atoms with Crippen molar-refractivity contribution in [3.8, 4) is 5.75 Å². The predicted octanol–water partition coefficient (Wildman–Crippen LogP) is 1.23. The molecule has 1 aromatic heterocycles. The second-order valence-electron chi connectivity index (χ2n) is 4.27. The van der Waals surface area contributed by atoms with E-state index in [1.807, 2.05) is 0 Å². The van der Waals surface area contributed by atoms with Crippen LogP contribution in [-0.4, -0.2) is 17.6 Å². The van der Waals surface area contributed by atoms with Crippen LogP contribution in [0.4, 0.5) is 11.4 Å². The van der Waals surface area contributed by atoms with Crippen LogP contribution in [0.25, 0.3) is 0 Å².